The van der Waals surface area contributed by atoms with E-state index in [0.717, 1.165) is 22.3 Å². The second-order valence-electron chi connectivity index (χ2n) is 7.32. The molecule has 1 atom stereocenters. The van der Waals surface area contributed by atoms with Crippen molar-refractivity contribution in [2.24, 2.45) is 10.3 Å². The van der Waals surface area contributed by atoms with Crippen LogP contribution in [0, 0.1) is 6.92 Å². The number of benzene rings is 2. The monoisotopic (exact) mass is 470 g/mol. The van der Waals surface area contributed by atoms with Gasteiger partial charge in [-0.2, -0.15) is 10.1 Å². The lowest BCUT2D eigenvalue weighted by Gasteiger charge is -2.21. The van der Waals surface area contributed by atoms with Gasteiger partial charge in [-0.25, -0.2) is 0 Å². The number of aryl methyl sites for hydroxylation is 1. The van der Waals surface area contributed by atoms with Gasteiger partial charge in [0, 0.05) is 16.8 Å². The average Bonchev–Trinajstić information content (AvgIpc) is 3.10. The Balaban J connectivity index is 1.67. The van der Waals surface area contributed by atoms with Crippen LogP contribution in [0.4, 0.5) is 5.69 Å². The Bertz CT molecular complexity index is 1110. The second-order valence-corrected chi connectivity index (χ2v) is 8.24. The lowest BCUT2D eigenvalue weighted by molar-refractivity contribution is -0.143. The topological polar surface area (TPSA) is 98.7 Å². The summed E-state index contributed by atoms with van der Waals surface area (Å²) in [6.07, 6.45) is -0.0135. The molecule has 2 aromatic carbocycles. The number of carbonyl (C=O) groups is 1. The van der Waals surface area contributed by atoms with E-state index in [4.69, 9.17) is 25.1 Å². The molecule has 8 nitrogen and oxygen atoms in total. The molecule has 9 heteroatoms. The Morgan fingerprint density at radius 3 is 2.63 bits per heavy atom. The van der Waals surface area contributed by atoms with Crippen molar-refractivity contribution in [3.05, 3.63) is 52.6 Å². The van der Waals surface area contributed by atoms with Crippen molar-refractivity contribution >= 4 is 37.9 Å². The molecule has 2 N–H and O–H groups in total. The SMILES string of the molecule is Cc1cc(C2=NN(C3CC(Br)=NO3)C(=O)Cc3cc4c(cc32)OCCO4)ccc1N. The maximum Gasteiger partial charge on any atom is 0.250 e. The number of nitrogens with zero attached hydrogens (tertiary/aromatic N) is 3. The molecule has 2 aromatic rings. The Labute approximate surface area is 181 Å². The number of hydrogen-bond donors (Lipinski definition) is 1. The van der Waals surface area contributed by atoms with Crippen LogP contribution in [-0.2, 0) is 16.1 Å². The highest BCUT2D eigenvalue weighted by Crippen LogP contribution is 2.36. The fraction of sp³-hybridized carbons (Fsp3) is 0.286. The Kier molecular flexibility index (Phi) is 4.62. The first kappa shape index (κ1) is 18.9. The van der Waals surface area contributed by atoms with Gasteiger partial charge in [0.25, 0.3) is 5.91 Å². The smallest absolute Gasteiger partial charge is 0.250 e. The summed E-state index contributed by atoms with van der Waals surface area (Å²) in [5.74, 6) is 1.10. The van der Waals surface area contributed by atoms with Gasteiger partial charge in [0.1, 0.15) is 17.8 Å². The third kappa shape index (κ3) is 3.28. The van der Waals surface area contributed by atoms with E-state index in [-0.39, 0.29) is 12.3 Å². The third-order valence-corrected chi connectivity index (χ3v) is 5.73. The summed E-state index contributed by atoms with van der Waals surface area (Å²) in [4.78, 5) is 18.5. The molecule has 1 unspecified atom stereocenters. The minimum Gasteiger partial charge on any atom is -0.486 e. The first-order valence-corrected chi connectivity index (χ1v) is 10.4. The summed E-state index contributed by atoms with van der Waals surface area (Å²) in [5.41, 5.74) is 10.8. The van der Waals surface area contributed by atoms with Gasteiger partial charge in [-0.3, -0.25) is 4.79 Å². The molecular formula is C21H19BrN4O4. The molecule has 0 saturated carbocycles. The van der Waals surface area contributed by atoms with E-state index < -0.39 is 6.23 Å². The summed E-state index contributed by atoms with van der Waals surface area (Å²) < 4.78 is 12.1. The molecule has 1 amide bonds. The van der Waals surface area contributed by atoms with Crippen LogP contribution in [0.25, 0.3) is 0 Å². The van der Waals surface area contributed by atoms with Crippen molar-refractivity contribution in [1.82, 2.24) is 5.01 Å². The first-order valence-electron chi connectivity index (χ1n) is 9.58. The Morgan fingerprint density at radius 2 is 1.93 bits per heavy atom. The molecule has 0 spiro atoms. The second kappa shape index (κ2) is 7.32. The number of oxime groups is 1. The predicted molar refractivity (Wildman–Crippen MR) is 115 cm³/mol. The minimum absolute atomic E-state index is 0.157. The van der Waals surface area contributed by atoms with Gasteiger partial charge in [0.2, 0.25) is 6.23 Å². The summed E-state index contributed by atoms with van der Waals surface area (Å²) in [5, 5.41) is 10.0. The first-order chi connectivity index (χ1) is 14.5. The van der Waals surface area contributed by atoms with Crippen LogP contribution in [0.2, 0.25) is 0 Å². The summed E-state index contributed by atoms with van der Waals surface area (Å²) in [6.45, 7) is 2.89. The molecule has 0 radical (unpaired) electrons. The molecule has 3 heterocycles. The maximum absolute atomic E-state index is 13.1. The van der Waals surface area contributed by atoms with Crippen LogP contribution >= 0.6 is 15.9 Å². The van der Waals surface area contributed by atoms with Gasteiger partial charge >= 0.3 is 0 Å². The number of amides is 1. The van der Waals surface area contributed by atoms with Gasteiger partial charge < -0.3 is 20.0 Å². The maximum atomic E-state index is 13.1. The van der Waals surface area contributed by atoms with E-state index in [9.17, 15) is 4.79 Å². The number of nitrogen functional groups attached to an aromatic ring is 1. The molecule has 0 saturated heterocycles. The normalized spacial score (nSPS) is 20.1. The zero-order chi connectivity index (χ0) is 20.8. The molecule has 5 rings (SSSR count). The van der Waals surface area contributed by atoms with Gasteiger partial charge in [-0.05, 0) is 58.2 Å². The van der Waals surface area contributed by atoms with E-state index in [1.807, 2.05) is 37.3 Å². The van der Waals surface area contributed by atoms with Gasteiger partial charge in [0.05, 0.1) is 18.6 Å². The van der Waals surface area contributed by atoms with Gasteiger partial charge in [-0.15, -0.1) is 0 Å². The number of halogens is 1. The molecule has 0 bridgehead atoms. The molecule has 0 fully saturated rings. The summed E-state index contributed by atoms with van der Waals surface area (Å²) in [6, 6.07) is 9.47. The van der Waals surface area contributed by atoms with Crippen LogP contribution in [-0.4, -0.2) is 40.7 Å². The fourth-order valence-electron chi connectivity index (χ4n) is 3.69. The van der Waals surface area contributed by atoms with Crippen molar-refractivity contribution < 1.29 is 19.1 Å². The van der Waals surface area contributed by atoms with Gasteiger partial charge in [-0.1, -0.05) is 11.2 Å². The standard InChI is InChI=1S/C21H19BrN4O4/c1-11-6-12(2-3-15(11)23)21-14-9-17-16(28-4-5-29-17)7-13(14)8-19(27)26(24-21)20-10-18(22)25-30-20/h2-3,6-7,9,20H,4-5,8,10,23H2,1H3. The number of rotatable bonds is 2. The Morgan fingerprint density at radius 1 is 1.17 bits per heavy atom. The molecule has 3 aliphatic heterocycles. The lowest BCUT2D eigenvalue weighted by Crippen LogP contribution is -2.37. The average molecular weight is 471 g/mol. The summed E-state index contributed by atoms with van der Waals surface area (Å²) in [7, 11) is 0. The quantitative estimate of drug-likeness (QED) is 0.680. The number of anilines is 1. The third-order valence-electron chi connectivity index (χ3n) is 5.26. The number of carbonyl (C=O) groups excluding carboxylic acids is 1. The number of hydrazone groups is 1. The largest absolute Gasteiger partial charge is 0.486 e. The van der Waals surface area contributed by atoms with Crippen LogP contribution < -0.4 is 15.2 Å². The van der Waals surface area contributed by atoms with E-state index >= 15 is 0 Å². The zero-order valence-electron chi connectivity index (χ0n) is 16.2. The van der Waals surface area contributed by atoms with E-state index in [1.54, 1.807) is 0 Å². The molecule has 0 aromatic heterocycles. The summed E-state index contributed by atoms with van der Waals surface area (Å²) >= 11 is 3.33. The van der Waals surface area contributed by atoms with Gasteiger partial charge in [0.15, 0.2) is 11.5 Å². The molecule has 3 aliphatic rings. The zero-order valence-corrected chi connectivity index (χ0v) is 17.8. The van der Waals surface area contributed by atoms with E-state index in [2.05, 4.69) is 21.1 Å². The molecule has 30 heavy (non-hydrogen) atoms. The number of hydrogen-bond acceptors (Lipinski definition) is 7. The molecular weight excluding hydrogens is 452 g/mol. The fourth-order valence-corrected chi connectivity index (χ4v) is 4.05. The predicted octanol–water partition coefficient (Wildman–Crippen LogP) is 2.94. The van der Waals surface area contributed by atoms with Crippen LogP contribution in [0.3, 0.4) is 0 Å². The Hall–Kier alpha value is -3.07. The highest BCUT2D eigenvalue weighted by molar-refractivity contribution is 9.18. The van der Waals surface area contributed by atoms with Crippen LogP contribution in [0.1, 0.15) is 28.7 Å². The van der Waals surface area contributed by atoms with E-state index in [0.29, 0.717) is 47.2 Å². The highest BCUT2D eigenvalue weighted by atomic mass is 79.9. The highest BCUT2D eigenvalue weighted by Gasteiger charge is 2.34. The lowest BCUT2D eigenvalue weighted by atomic mass is 9.94. The molecule has 154 valence electrons. The van der Waals surface area contributed by atoms with Crippen molar-refractivity contribution in [3.8, 4) is 11.5 Å². The minimum atomic E-state index is -0.604. The number of nitrogens with two attached hydrogens (primary N) is 1. The van der Waals surface area contributed by atoms with Crippen LogP contribution in [0.5, 0.6) is 11.5 Å². The van der Waals surface area contributed by atoms with Crippen LogP contribution in [0.15, 0.2) is 40.6 Å². The number of fused-ring (bicyclic) bond motifs is 2. The van der Waals surface area contributed by atoms with Crippen molar-refractivity contribution in [2.45, 2.75) is 26.0 Å². The van der Waals surface area contributed by atoms with Crippen molar-refractivity contribution in [1.29, 1.82) is 0 Å². The van der Waals surface area contributed by atoms with E-state index in [1.165, 1.54) is 5.01 Å². The molecule has 0 aliphatic carbocycles. The van der Waals surface area contributed by atoms with Crippen molar-refractivity contribution in [2.75, 3.05) is 18.9 Å². The van der Waals surface area contributed by atoms with Crippen molar-refractivity contribution in [3.63, 3.8) is 0 Å². The number of ether oxygens (including phenoxy) is 2.